The molecule has 3 N–H and O–H groups in total. The number of aliphatic hydroxyl groups excluding tert-OH is 1. The number of thiocarbonyl (C=S) groups is 1. The summed E-state index contributed by atoms with van der Waals surface area (Å²) in [6.45, 7) is 4.22. The lowest BCUT2D eigenvalue weighted by Crippen LogP contribution is -2.45. The van der Waals surface area contributed by atoms with Gasteiger partial charge in [-0.1, -0.05) is 19.1 Å². The number of ether oxygens (including phenoxy) is 1. The second-order valence-corrected chi connectivity index (χ2v) is 4.55. The number of nitrogens with one attached hydrogen (secondary N) is 2. The molecule has 1 atom stereocenters. The van der Waals surface area contributed by atoms with Gasteiger partial charge in [0, 0.05) is 0 Å². The molecule has 0 fully saturated rings. The third kappa shape index (κ3) is 4.79. The molecule has 0 aromatic heterocycles. The Morgan fingerprint density at radius 1 is 1.40 bits per heavy atom. The molecule has 0 spiro atoms. The van der Waals surface area contributed by atoms with Gasteiger partial charge in [0.05, 0.1) is 24.8 Å². The van der Waals surface area contributed by atoms with Crippen molar-refractivity contribution in [3.63, 3.8) is 0 Å². The molecule has 0 saturated heterocycles. The largest absolute Gasteiger partial charge is 0.493 e. The fourth-order valence-corrected chi connectivity index (χ4v) is 1.86. The van der Waals surface area contributed by atoms with Gasteiger partial charge in [-0.05, 0) is 37.7 Å². The normalized spacial score (nSPS) is 11.6. The van der Waals surface area contributed by atoms with Gasteiger partial charge in [-0.15, -0.1) is 0 Å². The highest BCUT2D eigenvalue weighted by Gasteiger charge is 2.14. The van der Waals surface area contributed by atoms with Crippen molar-refractivity contribution in [1.82, 2.24) is 10.6 Å². The second kappa shape index (κ2) is 8.50. The van der Waals surface area contributed by atoms with E-state index in [-0.39, 0.29) is 23.7 Å². The highest BCUT2D eigenvalue weighted by molar-refractivity contribution is 7.80. The van der Waals surface area contributed by atoms with Crippen LogP contribution < -0.4 is 15.4 Å². The average Bonchev–Trinajstić information content (AvgIpc) is 2.45. The lowest BCUT2D eigenvalue weighted by Gasteiger charge is -2.17. The Bertz CT molecular complexity index is 461. The summed E-state index contributed by atoms with van der Waals surface area (Å²) in [4.78, 5) is 12.1. The summed E-state index contributed by atoms with van der Waals surface area (Å²) in [6, 6.07) is 6.81. The van der Waals surface area contributed by atoms with E-state index in [9.17, 15) is 4.79 Å². The molecule has 0 saturated carbocycles. The number of amides is 1. The SMILES string of the molecule is CCOc1ccccc1C(=O)NC(=S)NC(CC)CO. The lowest BCUT2D eigenvalue weighted by molar-refractivity contribution is 0.0972. The molecule has 5 nitrogen and oxygen atoms in total. The third-order valence-corrected chi connectivity index (χ3v) is 2.93. The minimum absolute atomic E-state index is 0.0396. The number of rotatable bonds is 6. The van der Waals surface area contributed by atoms with E-state index in [2.05, 4.69) is 10.6 Å². The molecule has 20 heavy (non-hydrogen) atoms. The molecule has 0 aliphatic heterocycles. The molecule has 0 aliphatic rings. The zero-order valence-corrected chi connectivity index (χ0v) is 12.5. The highest BCUT2D eigenvalue weighted by Crippen LogP contribution is 2.17. The van der Waals surface area contributed by atoms with Crippen molar-refractivity contribution < 1.29 is 14.6 Å². The molecule has 6 heteroatoms. The minimum Gasteiger partial charge on any atom is -0.493 e. The van der Waals surface area contributed by atoms with Gasteiger partial charge in [0.2, 0.25) is 0 Å². The molecule has 1 amide bonds. The maximum Gasteiger partial charge on any atom is 0.261 e. The summed E-state index contributed by atoms with van der Waals surface area (Å²) in [5, 5.41) is 14.7. The average molecular weight is 296 g/mol. The highest BCUT2D eigenvalue weighted by atomic mass is 32.1. The number of para-hydroxylation sites is 1. The Balaban J connectivity index is 2.69. The van der Waals surface area contributed by atoms with Crippen LogP contribution in [0.1, 0.15) is 30.6 Å². The van der Waals surface area contributed by atoms with E-state index in [0.717, 1.165) is 0 Å². The van der Waals surface area contributed by atoms with Gasteiger partial charge >= 0.3 is 0 Å². The fraction of sp³-hybridized carbons (Fsp3) is 0.429. The van der Waals surface area contributed by atoms with Gasteiger partial charge in [-0.3, -0.25) is 10.1 Å². The van der Waals surface area contributed by atoms with Crippen LogP contribution in [0.4, 0.5) is 0 Å². The van der Waals surface area contributed by atoms with Crippen molar-refractivity contribution in [2.24, 2.45) is 0 Å². The molecule has 1 aromatic carbocycles. The molecule has 0 aliphatic carbocycles. The molecule has 0 bridgehead atoms. The smallest absolute Gasteiger partial charge is 0.261 e. The van der Waals surface area contributed by atoms with Gasteiger partial charge in [-0.25, -0.2) is 0 Å². The summed E-state index contributed by atoms with van der Waals surface area (Å²) >= 11 is 5.05. The Kier molecular flexibility index (Phi) is 6.97. The first kappa shape index (κ1) is 16.4. The Hall–Kier alpha value is -1.66. The predicted molar refractivity (Wildman–Crippen MR) is 82.0 cm³/mol. The zero-order valence-electron chi connectivity index (χ0n) is 11.7. The van der Waals surface area contributed by atoms with Crippen LogP contribution in [0.5, 0.6) is 5.75 Å². The summed E-state index contributed by atoms with van der Waals surface area (Å²) in [7, 11) is 0. The van der Waals surface area contributed by atoms with Crippen LogP contribution in [0.25, 0.3) is 0 Å². The first-order valence-corrected chi connectivity index (χ1v) is 6.97. The minimum atomic E-state index is -0.334. The van der Waals surface area contributed by atoms with E-state index >= 15 is 0 Å². The first-order valence-electron chi connectivity index (χ1n) is 6.56. The van der Waals surface area contributed by atoms with E-state index in [1.165, 1.54) is 0 Å². The quantitative estimate of drug-likeness (QED) is 0.693. The van der Waals surface area contributed by atoms with Gasteiger partial charge in [-0.2, -0.15) is 0 Å². The number of aliphatic hydroxyl groups is 1. The van der Waals surface area contributed by atoms with E-state index in [1.807, 2.05) is 13.8 Å². The van der Waals surface area contributed by atoms with Crippen LogP contribution in [0.15, 0.2) is 24.3 Å². The van der Waals surface area contributed by atoms with Crippen molar-refractivity contribution in [1.29, 1.82) is 0 Å². The molecule has 0 radical (unpaired) electrons. The predicted octanol–water partition coefficient (Wildman–Crippen LogP) is 1.46. The second-order valence-electron chi connectivity index (χ2n) is 4.14. The monoisotopic (exact) mass is 296 g/mol. The Morgan fingerprint density at radius 2 is 2.10 bits per heavy atom. The van der Waals surface area contributed by atoms with Crippen LogP contribution in [0.3, 0.4) is 0 Å². The molecule has 110 valence electrons. The number of carbonyl (C=O) groups excluding carboxylic acids is 1. The lowest BCUT2D eigenvalue weighted by atomic mass is 10.2. The van der Waals surface area contributed by atoms with Crippen LogP contribution in [0.2, 0.25) is 0 Å². The van der Waals surface area contributed by atoms with Crippen molar-refractivity contribution >= 4 is 23.2 Å². The summed E-state index contributed by atoms with van der Waals surface area (Å²) in [5.74, 6) is 0.184. The van der Waals surface area contributed by atoms with E-state index in [4.69, 9.17) is 22.1 Å². The van der Waals surface area contributed by atoms with E-state index in [1.54, 1.807) is 24.3 Å². The van der Waals surface area contributed by atoms with Gasteiger partial charge in [0.15, 0.2) is 5.11 Å². The Labute approximate surface area is 124 Å². The van der Waals surface area contributed by atoms with Crippen LogP contribution >= 0.6 is 12.2 Å². The molecule has 1 rings (SSSR count). The third-order valence-electron chi connectivity index (χ3n) is 2.71. The van der Waals surface area contributed by atoms with Gasteiger partial charge in [0.1, 0.15) is 5.75 Å². The van der Waals surface area contributed by atoms with Gasteiger partial charge in [0.25, 0.3) is 5.91 Å². The van der Waals surface area contributed by atoms with E-state index < -0.39 is 0 Å². The van der Waals surface area contributed by atoms with Crippen LogP contribution in [-0.2, 0) is 0 Å². The van der Waals surface area contributed by atoms with Crippen molar-refractivity contribution in [2.45, 2.75) is 26.3 Å². The van der Waals surface area contributed by atoms with Crippen LogP contribution in [0, 0.1) is 0 Å². The topological polar surface area (TPSA) is 70.6 Å². The van der Waals surface area contributed by atoms with Crippen molar-refractivity contribution in [3.8, 4) is 5.75 Å². The number of hydrogen-bond acceptors (Lipinski definition) is 4. The number of carbonyl (C=O) groups is 1. The van der Waals surface area contributed by atoms with Gasteiger partial charge < -0.3 is 15.2 Å². The summed E-state index contributed by atoms with van der Waals surface area (Å²) in [6.07, 6.45) is 0.710. The molecule has 0 heterocycles. The van der Waals surface area contributed by atoms with E-state index in [0.29, 0.717) is 24.3 Å². The van der Waals surface area contributed by atoms with Crippen molar-refractivity contribution in [3.05, 3.63) is 29.8 Å². The van der Waals surface area contributed by atoms with Crippen LogP contribution in [-0.4, -0.2) is 35.4 Å². The number of benzene rings is 1. The summed E-state index contributed by atoms with van der Waals surface area (Å²) < 4.78 is 5.40. The Morgan fingerprint density at radius 3 is 2.70 bits per heavy atom. The van der Waals surface area contributed by atoms with Crippen molar-refractivity contribution in [2.75, 3.05) is 13.2 Å². The maximum atomic E-state index is 12.1. The molecule has 1 aromatic rings. The molecular formula is C14H20N2O3S. The molecular weight excluding hydrogens is 276 g/mol. The number of hydrogen-bond donors (Lipinski definition) is 3. The summed E-state index contributed by atoms with van der Waals surface area (Å²) in [5.41, 5.74) is 0.426. The zero-order chi connectivity index (χ0) is 15.0. The fourth-order valence-electron chi connectivity index (χ4n) is 1.60. The molecule has 1 unspecified atom stereocenters. The first-order chi connectivity index (χ1) is 9.62. The maximum absolute atomic E-state index is 12.1. The standard InChI is InChI=1S/C14H20N2O3S/c1-3-10(9-17)15-14(20)16-13(18)11-7-5-6-8-12(11)19-4-2/h5-8,10,17H,3-4,9H2,1-2H3,(H2,15,16,18,20).